The Bertz CT molecular complexity index is 707. The fourth-order valence-corrected chi connectivity index (χ4v) is 2.21. The number of halogens is 3. The number of hydrogen-bond acceptors (Lipinski definition) is 2. The second-order valence-electron chi connectivity index (χ2n) is 4.69. The van der Waals surface area contributed by atoms with Crippen LogP contribution in [0.2, 0.25) is 0 Å². The molecule has 0 saturated carbocycles. The van der Waals surface area contributed by atoms with Crippen molar-refractivity contribution < 1.29 is 27.9 Å². The van der Waals surface area contributed by atoms with Crippen molar-refractivity contribution in [1.82, 2.24) is 5.32 Å². The third-order valence-corrected chi connectivity index (χ3v) is 3.14. The summed E-state index contributed by atoms with van der Waals surface area (Å²) in [6.07, 6.45) is -5.71. The number of fused-ring (bicyclic) bond motifs is 1. The van der Waals surface area contributed by atoms with Crippen molar-refractivity contribution in [2.75, 3.05) is 0 Å². The molecule has 0 aliphatic heterocycles. The Morgan fingerprint density at radius 1 is 1.09 bits per heavy atom. The maximum absolute atomic E-state index is 12.4. The van der Waals surface area contributed by atoms with Crippen LogP contribution in [0, 0.1) is 0 Å². The fourth-order valence-electron chi connectivity index (χ4n) is 2.21. The predicted molar refractivity (Wildman–Crippen MR) is 73.1 cm³/mol. The van der Waals surface area contributed by atoms with E-state index in [-0.39, 0.29) is 0 Å². The number of amides is 1. The molecule has 0 heterocycles. The third kappa shape index (κ3) is 3.55. The summed E-state index contributed by atoms with van der Waals surface area (Å²) in [5.41, 5.74) is 0.332. The molecule has 2 aromatic rings. The van der Waals surface area contributed by atoms with Gasteiger partial charge in [0.05, 0.1) is 12.5 Å². The first kappa shape index (κ1) is 15.8. The second kappa shape index (κ2) is 6.05. The average molecular weight is 311 g/mol. The first-order valence-electron chi connectivity index (χ1n) is 6.36. The topological polar surface area (TPSA) is 66.4 Å². The molecule has 1 amide bonds. The predicted octanol–water partition coefficient (Wildman–Crippen LogP) is 3.03. The summed E-state index contributed by atoms with van der Waals surface area (Å²) in [7, 11) is 0. The van der Waals surface area contributed by atoms with E-state index in [2.05, 4.69) is 0 Å². The van der Waals surface area contributed by atoms with E-state index in [1.807, 2.05) is 0 Å². The summed E-state index contributed by atoms with van der Waals surface area (Å²) < 4.78 is 37.3. The van der Waals surface area contributed by atoms with Gasteiger partial charge in [-0.15, -0.1) is 0 Å². The summed E-state index contributed by atoms with van der Waals surface area (Å²) in [6, 6.07) is 10.5. The highest BCUT2D eigenvalue weighted by molar-refractivity contribution is 5.88. The van der Waals surface area contributed by atoms with Crippen LogP contribution in [0.15, 0.2) is 42.5 Å². The molecule has 0 bridgehead atoms. The Morgan fingerprint density at radius 3 is 2.36 bits per heavy atom. The number of carbonyl (C=O) groups is 2. The van der Waals surface area contributed by atoms with E-state index in [4.69, 9.17) is 5.11 Å². The van der Waals surface area contributed by atoms with Crippen molar-refractivity contribution in [3.63, 3.8) is 0 Å². The van der Waals surface area contributed by atoms with Crippen LogP contribution in [-0.2, 0) is 9.59 Å². The number of carboxylic acid groups (broad SMARTS) is 1. The van der Waals surface area contributed by atoms with Crippen molar-refractivity contribution >= 4 is 22.6 Å². The van der Waals surface area contributed by atoms with Gasteiger partial charge in [0, 0.05) is 0 Å². The van der Waals surface area contributed by atoms with Gasteiger partial charge in [-0.1, -0.05) is 42.5 Å². The molecular weight excluding hydrogens is 299 g/mol. The molecular formula is C15H12F3NO3. The summed E-state index contributed by atoms with van der Waals surface area (Å²) in [5.74, 6) is -3.47. The van der Waals surface area contributed by atoms with Crippen molar-refractivity contribution in [3.8, 4) is 0 Å². The first-order chi connectivity index (χ1) is 10.3. The summed E-state index contributed by atoms with van der Waals surface area (Å²) in [4.78, 5) is 22.1. The molecule has 0 fully saturated rings. The number of rotatable bonds is 4. The molecule has 0 aromatic heterocycles. The van der Waals surface area contributed by atoms with E-state index in [1.54, 1.807) is 41.7 Å². The average Bonchev–Trinajstić information content (AvgIpc) is 2.44. The number of aliphatic carboxylic acids is 1. The monoisotopic (exact) mass is 311 g/mol. The van der Waals surface area contributed by atoms with Crippen LogP contribution in [0.3, 0.4) is 0 Å². The van der Waals surface area contributed by atoms with Gasteiger partial charge < -0.3 is 10.4 Å². The largest absolute Gasteiger partial charge is 0.481 e. The number of hydrogen-bond donors (Lipinski definition) is 2. The Hall–Kier alpha value is -2.57. The fraction of sp³-hybridized carbons (Fsp3) is 0.200. The lowest BCUT2D eigenvalue weighted by Gasteiger charge is -2.20. The number of nitrogens with one attached hydrogen (secondary N) is 1. The highest BCUT2D eigenvalue weighted by Gasteiger charge is 2.40. The van der Waals surface area contributed by atoms with E-state index in [9.17, 15) is 22.8 Å². The van der Waals surface area contributed by atoms with Crippen molar-refractivity contribution in [3.05, 3.63) is 48.0 Å². The maximum atomic E-state index is 12.4. The molecule has 2 aromatic carbocycles. The minimum absolute atomic E-state index is 0.332. The molecule has 0 spiro atoms. The van der Waals surface area contributed by atoms with E-state index in [1.165, 1.54) is 6.07 Å². The molecule has 0 saturated heterocycles. The molecule has 7 heteroatoms. The number of carboxylic acids is 1. The summed E-state index contributed by atoms with van der Waals surface area (Å²) in [6.45, 7) is 0. The molecule has 2 rings (SSSR count). The Kier molecular flexibility index (Phi) is 4.35. The zero-order chi connectivity index (χ0) is 16.3. The van der Waals surface area contributed by atoms with E-state index >= 15 is 0 Å². The number of alkyl halides is 3. The zero-order valence-electron chi connectivity index (χ0n) is 11.2. The quantitative estimate of drug-likeness (QED) is 0.912. The van der Waals surface area contributed by atoms with Gasteiger partial charge in [-0.25, -0.2) is 0 Å². The third-order valence-electron chi connectivity index (χ3n) is 3.14. The minimum Gasteiger partial charge on any atom is -0.481 e. The lowest BCUT2D eigenvalue weighted by Crippen LogP contribution is -2.39. The van der Waals surface area contributed by atoms with Gasteiger partial charge in [-0.2, -0.15) is 13.2 Å². The van der Waals surface area contributed by atoms with Gasteiger partial charge in [0.1, 0.15) is 0 Å². The van der Waals surface area contributed by atoms with Gasteiger partial charge in [0.15, 0.2) is 0 Å². The van der Waals surface area contributed by atoms with Gasteiger partial charge in [-0.05, 0) is 16.3 Å². The van der Waals surface area contributed by atoms with Crippen LogP contribution in [0.4, 0.5) is 13.2 Å². The van der Waals surface area contributed by atoms with Crippen LogP contribution in [0.25, 0.3) is 10.8 Å². The Balaban J connectivity index is 2.44. The molecule has 0 aliphatic carbocycles. The molecule has 1 atom stereocenters. The normalized spacial score (nSPS) is 12.9. The van der Waals surface area contributed by atoms with E-state index in [0.29, 0.717) is 10.9 Å². The molecule has 22 heavy (non-hydrogen) atoms. The molecule has 4 nitrogen and oxygen atoms in total. The summed E-state index contributed by atoms with van der Waals surface area (Å²) in [5, 5.41) is 12.0. The number of carbonyl (C=O) groups excluding carboxylic acids is 1. The number of benzene rings is 2. The van der Waals surface area contributed by atoms with Crippen LogP contribution >= 0.6 is 0 Å². The SMILES string of the molecule is O=C(O)C[C@H](NC(=O)C(F)(F)F)c1cccc2ccccc12. The molecule has 0 radical (unpaired) electrons. The lowest BCUT2D eigenvalue weighted by atomic mass is 9.96. The zero-order valence-corrected chi connectivity index (χ0v) is 11.2. The van der Waals surface area contributed by atoms with Crippen molar-refractivity contribution in [2.45, 2.75) is 18.6 Å². The van der Waals surface area contributed by atoms with Gasteiger partial charge in [-0.3, -0.25) is 9.59 Å². The summed E-state index contributed by atoms with van der Waals surface area (Å²) >= 11 is 0. The molecule has 116 valence electrons. The van der Waals surface area contributed by atoms with Crippen LogP contribution in [0.5, 0.6) is 0 Å². The van der Waals surface area contributed by atoms with Crippen LogP contribution in [0.1, 0.15) is 18.0 Å². The molecule has 2 N–H and O–H groups in total. The van der Waals surface area contributed by atoms with E-state index < -0.39 is 30.5 Å². The maximum Gasteiger partial charge on any atom is 0.471 e. The van der Waals surface area contributed by atoms with Gasteiger partial charge >= 0.3 is 18.1 Å². The lowest BCUT2D eigenvalue weighted by molar-refractivity contribution is -0.174. The minimum atomic E-state index is -5.07. The molecule has 0 unspecified atom stereocenters. The second-order valence-corrected chi connectivity index (χ2v) is 4.69. The molecule has 0 aliphatic rings. The van der Waals surface area contributed by atoms with Crippen molar-refractivity contribution in [1.29, 1.82) is 0 Å². The Morgan fingerprint density at radius 2 is 1.73 bits per heavy atom. The van der Waals surface area contributed by atoms with Crippen LogP contribution < -0.4 is 5.32 Å². The Labute approximate surface area is 123 Å². The van der Waals surface area contributed by atoms with Crippen LogP contribution in [-0.4, -0.2) is 23.2 Å². The first-order valence-corrected chi connectivity index (χ1v) is 6.36. The van der Waals surface area contributed by atoms with Gasteiger partial charge in [0.25, 0.3) is 0 Å². The van der Waals surface area contributed by atoms with E-state index in [0.717, 1.165) is 5.39 Å². The highest BCUT2D eigenvalue weighted by Crippen LogP contribution is 2.27. The smallest absolute Gasteiger partial charge is 0.471 e. The van der Waals surface area contributed by atoms with Crippen molar-refractivity contribution in [2.24, 2.45) is 0 Å². The standard InChI is InChI=1S/C15H12F3NO3/c16-15(17,18)14(22)19-12(8-13(20)21)11-7-3-5-9-4-1-2-6-10(9)11/h1-7,12H,8H2,(H,19,22)(H,20,21)/t12-/m0/s1. The highest BCUT2D eigenvalue weighted by atomic mass is 19.4. The van der Waals surface area contributed by atoms with Gasteiger partial charge in [0.2, 0.25) is 0 Å².